The third-order valence-electron chi connectivity index (χ3n) is 4.01. The number of rotatable bonds is 1. The summed E-state index contributed by atoms with van der Waals surface area (Å²) in [5.41, 5.74) is -0.00446. The van der Waals surface area contributed by atoms with Gasteiger partial charge in [0, 0.05) is 31.2 Å². The number of carbonyl (C=O) groups excluding carboxylic acids is 1. The Morgan fingerprint density at radius 1 is 1.25 bits per heavy atom. The molecule has 0 aliphatic carbocycles. The van der Waals surface area contributed by atoms with Gasteiger partial charge in [0.1, 0.15) is 11.6 Å². The van der Waals surface area contributed by atoms with Gasteiger partial charge in [0.05, 0.1) is 5.69 Å². The van der Waals surface area contributed by atoms with E-state index in [1.165, 1.54) is 6.07 Å². The van der Waals surface area contributed by atoms with E-state index < -0.39 is 11.6 Å². The fraction of sp³-hybridized carbons (Fsp3) is 0.500. The highest BCUT2D eigenvalue weighted by Gasteiger charge is 2.31. The second-order valence-electron chi connectivity index (χ2n) is 5.21. The van der Waals surface area contributed by atoms with Crippen molar-refractivity contribution in [2.45, 2.75) is 25.9 Å². The predicted octanol–water partition coefficient (Wildman–Crippen LogP) is 2.52. The number of hydrogen-bond acceptors (Lipinski definition) is 2. The first-order chi connectivity index (χ1) is 9.40. The lowest BCUT2D eigenvalue weighted by atomic mass is 10.1. The molecule has 0 bridgehead atoms. The summed E-state index contributed by atoms with van der Waals surface area (Å²) in [5.74, 6) is -1.43. The molecule has 6 heteroatoms. The van der Waals surface area contributed by atoms with E-state index in [1.807, 2.05) is 20.9 Å². The molecule has 110 valence electrons. The van der Waals surface area contributed by atoms with Crippen LogP contribution in [0.25, 0.3) is 0 Å². The zero-order chi connectivity index (χ0) is 14.9. The molecule has 0 saturated carbocycles. The van der Waals surface area contributed by atoms with Crippen molar-refractivity contribution in [2.75, 3.05) is 25.5 Å². The second-order valence-corrected chi connectivity index (χ2v) is 5.21. The zero-order valence-corrected chi connectivity index (χ0v) is 11.9. The van der Waals surface area contributed by atoms with E-state index in [0.29, 0.717) is 6.54 Å². The van der Waals surface area contributed by atoms with Crippen molar-refractivity contribution in [3.8, 4) is 0 Å². The molecule has 2 atom stereocenters. The average molecular weight is 283 g/mol. The summed E-state index contributed by atoms with van der Waals surface area (Å²) in [6.45, 7) is 5.35. The summed E-state index contributed by atoms with van der Waals surface area (Å²) in [6, 6.07) is 3.00. The fourth-order valence-electron chi connectivity index (χ4n) is 2.37. The van der Waals surface area contributed by atoms with E-state index in [2.05, 4.69) is 10.2 Å². The van der Waals surface area contributed by atoms with Crippen molar-refractivity contribution in [1.82, 2.24) is 9.80 Å². The Bertz CT molecular complexity index is 509. The minimum Gasteiger partial charge on any atom is -0.319 e. The smallest absolute Gasteiger partial charge is 0.319 e. The Morgan fingerprint density at radius 3 is 2.60 bits per heavy atom. The third kappa shape index (κ3) is 2.90. The first kappa shape index (κ1) is 14.7. The summed E-state index contributed by atoms with van der Waals surface area (Å²) in [6.07, 6.45) is 0. The largest absolute Gasteiger partial charge is 0.322 e. The lowest BCUT2D eigenvalue weighted by molar-refractivity contribution is 0.0795. The van der Waals surface area contributed by atoms with Gasteiger partial charge in [-0.2, -0.15) is 0 Å². The lowest BCUT2D eigenvalue weighted by Gasteiger charge is -2.43. The van der Waals surface area contributed by atoms with Crippen LogP contribution in [0.4, 0.5) is 19.3 Å². The summed E-state index contributed by atoms with van der Waals surface area (Å²) in [7, 11) is 2.01. The number of halogens is 2. The van der Waals surface area contributed by atoms with Gasteiger partial charge in [-0.3, -0.25) is 4.90 Å². The van der Waals surface area contributed by atoms with Crippen LogP contribution >= 0.6 is 0 Å². The van der Waals surface area contributed by atoms with Crippen LogP contribution in [0, 0.1) is 11.6 Å². The van der Waals surface area contributed by atoms with Crippen LogP contribution in [0.2, 0.25) is 0 Å². The van der Waals surface area contributed by atoms with E-state index in [1.54, 1.807) is 4.90 Å². The van der Waals surface area contributed by atoms with Crippen LogP contribution in [0.15, 0.2) is 18.2 Å². The van der Waals surface area contributed by atoms with E-state index in [9.17, 15) is 13.6 Å². The number of amides is 2. The van der Waals surface area contributed by atoms with E-state index in [-0.39, 0.29) is 23.8 Å². The number of hydrogen-bond donors (Lipinski definition) is 1. The highest BCUT2D eigenvalue weighted by molar-refractivity contribution is 5.89. The van der Waals surface area contributed by atoms with E-state index >= 15 is 0 Å². The monoisotopic (exact) mass is 283 g/mol. The standard InChI is InChI=1S/C14H19F2N3O/c1-9-10(2)19(7-6-18(9)3)14(20)17-13-5-4-11(15)8-12(13)16/h4-5,8-10H,6-7H2,1-3H3,(H,17,20). The van der Waals surface area contributed by atoms with Crippen LogP contribution in [0.3, 0.4) is 0 Å². The maximum absolute atomic E-state index is 13.5. The number of carbonyl (C=O) groups is 1. The molecule has 1 fully saturated rings. The molecule has 1 N–H and O–H groups in total. The molecule has 2 unspecified atom stereocenters. The lowest BCUT2D eigenvalue weighted by Crippen LogP contribution is -2.58. The van der Waals surface area contributed by atoms with Crippen LogP contribution in [-0.4, -0.2) is 48.1 Å². The number of urea groups is 1. The minimum absolute atomic E-state index is 0.00446. The van der Waals surface area contributed by atoms with Gasteiger partial charge in [-0.25, -0.2) is 13.6 Å². The van der Waals surface area contributed by atoms with Gasteiger partial charge in [0.25, 0.3) is 0 Å². The fourth-order valence-corrected chi connectivity index (χ4v) is 2.37. The van der Waals surface area contributed by atoms with Crippen molar-refractivity contribution >= 4 is 11.7 Å². The summed E-state index contributed by atoms with van der Waals surface area (Å²) in [4.78, 5) is 16.1. The number of benzene rings is 1. The van der Waals surface area contributed by atoms with Crippen molar-refractivity contribution in [2.24, 2.45) is 0 Å². The van der Waals surface area contributed by atoms with Crippen molar-refractivity contribution < 1.29 is 13.6 Å². The Morgan fingerprint density at radius 2 is 1.95 bits per heavy atom. The predicted molar refractivity (Wildman–Crippen MR) is 73.6 cm³/mol. The number of nitrogens with zero attached hydrogens (tertiary/aromatic N) is 2. The second kappa shape index (κ2) is 5.75. The normalized spacial score (nSPS) is 23.8. The first-order valence-corrected chi connectivity index (χ1v) is 6.63. The minimum atomic E-state index is -0.770. The van der Waals surface area contributed by atoms with Gasteiger partial charge in [0.2, 0.25) is 0 Å². The van der Waals surface area contributed by atoms with Gasteiger partial charge in [-0.1, -0.05) is 0 Å². The van der Waals surface area contributed by atoms with Gasteiger partial charge < -0.3 is 10.2 Å². The first-order valence-electron chi connectivity index (χ1n) is 6.63. The molecule has 0 spiro atoms. The molecule has 1 heterocycles. The summed E-state index contributed by atoms with van der Waals surface area (Å²) in [5, 5.41) is 2.50. The molecule has 1 aliphatic heterocycles. The van der Waals surface area contributed by atoms with Gasteiger partial charge in [-0.15, -0.1) is 0 Å². The highest BCUT2D eigenvalue weighted by atomic mass is 19.1. The molecule has 4 nitrogen and oxygen atoms in total. The van der Waals surface area contributed by atoms with Crippen LogP contribution in [0.5, 0.6) is 0 Å². The Labute approximate surface area is 117 Å². The van der Waals surface area contributed by atoms with E-state index in [0.717, 1.165) is 18.7 Å². The molecular formula is C14H19F2N3O. The van der Waals surface area contributed by atoms with Crippen molar-refractivity contribution in [3.63, 3.8) is 0 Å². The average Bonchev–Trinajstić information content (AvgIpc) is 2.39. The van der Waals surface area contributed by atoms with E-state index in [4.69, 9.17) is 0 Å². The van der Waals surface area contributed by atoms with Crippen LogP contribution in [-0.2, 0) is 0 Å². The highest BCUT2D eigenvalue weighted by Crippen LogP contribution is 2.19. The Hall–Kier alpha value is -1.69. The van der Waals surface area contributed by atoms with Gasteiger partial charge >= 0.3 is 6.03 Å². The Kier molecular flexibility index (Phi) is 4.23. The quantitative estimate of drug-likeness (QED) is 0.859. The maximum Gasteiger partial charge on any atom is 0.322 e. The SMILES string of the molecule is CC1C(C)N(C(=O)Nc2ccc(F)cc2F)CCN1C. The molecule has 2 amide bonds. The van der Waals surface area contributed by atoms with Gasteiger partial charge in [-0.05, 0) is 33.0 Å². The third-order valence-corrected chi connectivity index (χ3v) is 4.01. The maximum atomic E-state index is 13.5. The van der Waals surface area contributed by atoms with Crippen LogP contribution < -0.4 is 5.32 Å². The molecule has 0 radical (unpaired) electrons. The molecule has 1 aromatic rings. The van der Waals surface area contributed by atoms with Crippen molar-refractivity contribution in [3.05, 3.63) is 29.8 Å². The summed E-state index contributed by atoms with van der Waals surface area (Å²) >= 11 is 0. The molecule has 1 saturated heterocycles. The summed E-state index contributed by atoms with van der Waals surface area (Å²) < 4.78 is 26.4. The molecule has 2 rings (SSSR count). The van der Waals surface area contributed by atoms with Gasteiger partial charge in [0.15, 0.2) is 0 Å². The number of nitrogens with one attached hydrogen (secondary N) is 1. The van der Waals surface area contributed by atoms with Crippen molar-refractivity contribution in [1.29, 1.82) is 0 Å². The number of piperazine rings is 1. The molecule has 1 aromatic carbocycles. The number of likely N-dealkylation sites (N-methyl/N-ethyl adjacent to an activating group) is 1. The molecular weight excluding hydrogens is 264 g/mol. The molecule has 1 aliphatic rings. The molecule has 0 aromatic heterocycles. The molecule has 20 heavy (non-hydrogen) atoms. The Balaban J connectivity index is 2.08. The topological polar surface area (TPSA) is 35.6 Å². The van der Waals surface area contributed by atoms with Crippen LogP contribution in [0.1, 0.15) is 13.8 Å². The zero-order valence-electron chi connectivity index (χ0n) is 11.9. The number of anilines is 1.